The summed E-state index contributed by atoms with van der Waals surface area (Å²) < 4.78 is 6.89. The number of hydrogen-bond acceptors (Lipinski definition) is 2. The average Bonchev–Trinajstić information content (AvgIpc) is 3.00. The van der Waals surface area contributed by atoms with Gasteiger partial charge in [0, 0.05) is 21.3 Å². The second-order valence-corrected chi connectivity index (χ2v) is 7.31. The summed E-state index contributed by atoms with van der Waals surface area (Å²) in [5.74, 6) is 0.694. The minimum absolute atomic E-state index is 0.0817. The van der Waals surface area contributed by atoms with Crippen LogP contribution in [0.25, 0.3) is 11.6 Å². The van der Waals surface area contributed by atoms with E-state index in [0.717, 1.165) is 38.2 Å². The van der Waals surface area contributed by atoms with Crippen molar-refractivity contribution in [2.75, 3.05) is 5.32 Å². The van der Waals surface area contributed by atoms with E-state index in [-0.39, 0.29) is 5.91 Å². The Balaban J connectivity index is 1.62. The monoisotopic (exact) mass is 419 g/mol. The van der Waals surface area contributed by atoms with Crippen LogP contribution in [0.1, 0.15) is 22.3 Å². The van der Waals surface area contributed by atoms with Gasteiger partial charge in [-0.1, -0.05) is 58.4 Å². The van der Waals surface area contributed by atoms with Gasteiger partial charge in [0.25, 0.3) is 5.91 Å². The van der Waals surface area contributed by atoms with Crippen LogP contribution < -0.4 is 10.1 Å². The second kappa shape index (κ2) is 7.41. The van der Waals surface area contributed by atoms with Gasteiger partial charge in [-0.25, -0.2) is 0 Å². The molecule has 1 amide bonds. The van der Waals surface area contributed by atoms with E-state index in [4.69, 9.17) is 4.74 Å². The van der Waals surface area contributed by atoms with Crippen molar-refractivity contribution in [3.8, 4) is 5.75 Å². The molecule has 0 aromatic heterocycles. The van der Waals surface area contributed by atoms with Crippen molar-refractivity contribution >= 4 is 39.2 Å². The molecular weight excluding hydrogens is 402 g/mol. The zero-order valence-electron chi connectivity index (χ0n) is 14.8. The van der Waals surface area contributed by atoms with Crippen LogP contribution in [-0.4, -0.2) is 5.91 Å². The molecule has 0 saturated heterocycles. The van der Waals surface area contributed by atoms with Crippen molar-refractivity contribution in [2.24, 2.45) is 0 Å². The van der Waals surface area contributed by atoms with E-state index >= 15 is 0 Å². The van der Waals surface area contributed by atoms with Gasteiger partial charge >= 0.3 is 0 Å². The Morgan fingerprint density at radius 3 is 2.67 bits per heavy atom. The fourth-order valence-electron chi connectivity index (χ4n) is 3.18. The first-order chi connectivity index (χ1) is 13.1. The molecule has 27 heavy (non-hydrogen) atoms. The lowest BCUT2D eigenvalue weighted by Crippen LogP contribution is -2.03. The Morgan fingerprint density at radius 1 is 1.04 bits per heavy atom. The van der Waals surface area contributed by atoms with Gasteiger partial charge in [-0.15, -0.1) is 0 Å². The summed E-state index contributed by atoms with van der Waals surface area (Å²) in [6.45, 7) is 2.52. The van der Waals surface area contributed by atoms with Crippen LogP contribution >= 0.6 is 15.9 Å². The highest BCUT2D eigenvalue weighted by Gasteiger charge is 2.26. The Kier molecular flexibility index (Phi) is 4.82. The summed E-state index contributed by atoms with van der Waals surface area (Å²) in [5, 5.41) is 2.94. The molecular formula is C23H18BrNO2. The zero-order chi connectivity index (χ0) is 18.8. The van der Waals surface area contributed by atoms with Crippen LogP contribution in [0.3, 0.4) is 0 Å². The van der Waals surface area contributed by atoms with Crippen LogP contribution in [0.2, 0.25) is 0 Å². The smallest absolute Gasteiger partial charge is 0.256 e. The van der Waals surface area contributed by atoms with Crippen molar-refractivity contribution in [2.45, 2.75) is 13.5 Å². The number of nitrogens with one attached hydrogen (secondary N) is 1. The summed E-state index contributed by atoms with van der Waals surface area (Å²) in [7, 11) is 0. The van der Waals surface area contributed by atoms with Gasteiger partial charge in [0.2, 0.25) is 0 Å². The lowest BCUT2D eigenvalue weighted by atomic mass is 9.99. The van der Waals surface area contributed by atoms with E-state index < -0.39 is 0 Å². The summed E-state index contributed by atoms with van der Waals surface area (Å²) in [5.41, 5.74) is 5.56. The van der Waals surface area contributed by atoms with E-state index in [9.17, 15) is 4.79 Å². The lowest BCUT2D eigenvalue weighted by molar-refractivity contribution is -0.110. The molecule has 3 aromatic carbocycles. The molecule has 0 radical (unpaired) electrons. The molecule has 3 aromatic rings. The van der Waals surface area contributed by atoms with Crippen molar-refractivity contribution in [1.82, 2.24) is 0 Å². The Morgan fingerprint density at radius 2 is 1.85 bits per heavy atom. The molecule has 0 atom stereocenters. The van der Waals surface area contributed by atoms with E-state index in [1.54, 1.807) is 0 Å². The van der Waals surface area contributed by atoms with Gasteiger partial charge in [0.05, 0.1) is 0 Å². The molecule has 1 aliphatic rings. The normalized spacial score (nSPS) is 14.1. The number of amides is 1. The van der Waals surface area contributed by atoms with Gasteiger partial charge in [-0.05, 0) is 54.0 Å². The molecule has 4 heteroatoms. The maximum Gasteiger partial charge on any atom is 0.256 e. The molecule has 1 N–H and O–H groups in total. The van der Waals surface area contributed by atoms with Gasteiger partial charge in [0.1, 0.15) is 12.4 Å². The lowest BCUT2D eigenvalue weighted by Gasteiger charge is -2.08. The van der Waals surface area contributed by atoms with E-state index in [1.165, 1.54) is 0 Å². The topological polar surface area (TPSA) is 38.3 Å². The predicted octanol–water partition coefficient (Wildman–Crippen LogP) is 5.83. The molecule has 0 aliphatic carbocycles. The Bertz CT molecular complexity index is 1040. The highest BCUT2D eigenvalue weighted by Crippen LogP contribution is 2.38. The standard InChI is InChI=1S/C23H18BrNO2/c1-15-20(24)10-11-21-22(15)19(23(26)25-21)13-17-8-5-9-18(12-17)27-14-16-6-3-2-4-7-16/h2-13H,14H2,1H3,(H,25,26). The third-order valence-electron chi connectivity index (χ3n) is 4.58. The second-order valence-electron chi connectivity index (χ2n) is 6.45. The Hall–Kier alpha value is -2.85. The average molecular weight is 420 g/mol. The molecule has 0 unspecified atom stereocenters. The number of fused-ring (bicyclic) bond motifs is 1. The minimum atomic E-state index is -0.0817. The van der Waals surface area contributed by atoms with E-state index in [1.807, 2.05) is 79.7 Å². The number of hydrogen-bond donors (Lipinski definition) is 1. The number of carbonyl (C=O) groups excluding carboxylic acids is 1. The number of benzene rings is 3. The molecule has 3 nitrogen and oxygen atoms in total. The molecule has 0 bridgehead atoms. The molecule has 1 heterocycles. The third kappa shape index (κ3) is 3.67. The molecule has 0 spiro atoms. The van der Waals surface area contributed by atoms with Gasteiger partial charge < -0.3 is 10.1 Å². The summed E-state index contributed by atoms with van der Waals surface area (Å²) in [4.78, 5) is 12.5. The summed E-state index contributed by atoms with van der Waals surface area (Å²) in [6.07, 6.45) is 1.91. The van der Waals surface area contributed by atoms with Crippen LogP contribution in [-0.2, 0) is 11.4 Å². The highest BCUT2D eigenvalue weighted by molar-refractivity contribution is 9.10. The minimum Gasteiger partial charge on any atom is -0.489 e. The van der Waals surface area contributed by atoms with E-state index in [0.29, 0.717) is 12.2 Å². The van der Waals surface area contributed by atoms with Crippen molar-refractivity contribution in [3.05, 3.63) is 93.5 Å². The van der Waals surface area contributed by atoms with Gasteiger partial charge in [-0.3, -0.25) is 4.79 Å². The highest BCUT2D eigenvalue weighted by atomic mass is 79.9. The SMILES string of the molecule is Cc1c(Br)ccc2c1C(=Cc1cccc(OCc3ccccc3)c1)C(=O)N2. The van der Waals surface area contributed by atoms with E-state index in [2.05, 4.69) is 21.2 Å². The summed E-state index contributed by atoms with van der Waals surface area (Å²) in [6, 6.07) is 21.7. The van der Waals surface area contributed by atoms with Crippen LogP contribution in [0.5, 0.6) is 5.75 Å². The first kappa shape index (κ1) is 17.6. The van der Waals surface area contributed by atoms with Gasteiger partial charge in [-0.2, -0.15) is 0 Å². The Labute approximate surface area is 166 Å². The van der Waals surface area contributed by atoms with Crippen LogP contribution in [0.15, 0.2) is 71.2 Å². The maximum absolute atomic E-state index is 12.5. The fraction of sp³-hybridized carbons (Fsp3) is 0.0870. The molecule has 134 valence electrons. The first-order valence-electron chi connectivity index (χ1n) is 8.71. The van der Waals surface area contributed by atoms with Crippen molar-refractivity contribution < 1.29 is 9.53 Å². The number of carbonyl (C=O) groups is 1. The predicted molar refractivity (Wildman–Crippen MR) is 113 cm³/mol. The molecule has 0 fully saturated rings. The number of rotatable bonds is 4. The first-order valence-corrected chi connectivity index (χ1v) is 9.50. The summed E-state index contributed by atoms with van der Waals surface area (Å²) >= 11 is 3.55. The quantitative estimate of drug-likeness (QED) is 0.540. The van der Waals surface area contributed by atoms with Crippen LogP contribution in [0, 0.1) is 6.92 Å². The molecule has 4 rings (SSSR count). The number of ether oxygens (including phenoxy) is 1. The molecule has 1 aliphatic heterocycles. The zero-order valence-corrected chi connectivity index (χ0v) is 16.4. The van der Waals surface area contributed by atoms with Gasteiger partial charge in [0.15, 0.2) is 0 Å². The maximum atomic E-state index is 12.5. The van der Waals surface area contributed by atoms with Crippen molar-refractivity contribution in [1.29, 1.82) is 0 Å². The third-order valence-corrected chi connectivity index (χ3v) is 5.44. The largest absolute Gasteiger partial charge is 0.489 e. The number of halogens is 1. The fourth-order valence-corrected chi connectivity index (χ4v) is 3.51. The number of anilines is 1. The van der Waals surface area contributed by atoms with Crippen LogP contribution in [0.4, 0.5) is 5.69 Å². The molecule has 0 saturated carbocycles. The van der Waals surface area contributed by atoms with Crippen molar-refractivity contribution in [3.63, 3.8) is 0 Å².